The van der Waals surface area contributed by atoms with Crippen LogP contribution in [0.2, 0.25) is 5.02 Å². The number of hydrogen-bond donors (Lipinski definition) is 2. The Labute approximate surface area is 99.4 Å². The van der Waals surface area contributed by atoms with Crippen molar-refractivity contribution in [3.05, 3.63) is 29.3 Å². The molecule has 1 aliphatic heterocycles. The van der Waals surface area contributed by atoms with E-state index >= 15 is 0 Å². The van der Waals surface area contributed by atoms with Gasteiger partial charge in [0.05, 0.1) is 10.7 Å². The maximum atomic E-state index is 11.8. The largest absolute Gasteiger partial charge is 0.326 e. The molecule has 86 valence electrons. The minimum atomic E-state index is -0.138. The van der Waals surface area contributed by atoms with Gasteiger partial charge in [-0.3, -0.25) is 0 Å². The smallest absolute Gasteiger partial charge is 0.321 e. The highest BCUT2D eigenvalue weighted by Crippen LogP contribution is 2.21. The summed E-state index contributed by atoms with van der Waals surface area (Å²) in [6, 6.07) is 7.13. The lowest BCUT2D eigenvalue weighted by Gasteiger charge is -2.17. The van der Waals surface area contributed by atoms with Gasteiger partial charge in [-0.25, -0.2) is 4.79 Å². The van der Waals surface area contributed by atoms with Crippen molar-refractivity contribution in [2.24, 2.45) is 5.73 Å². The number of nitrogens with one attached hydrogen (secondary N) is 1. The molecule has 1 aliphatic rings. The van der Waals surface area contributed by atoms with Crippen molar-refractivity contribution in [3.8, 4) is 0 Å². The first-order valence-corrected chi connectivity index (χ1v) is 5.60. The fourth-order valence-corrected chi connectivity index (χ4v) is 1.91. The minimum Gasteiger partial charge on any atom is -0.326 e. The number of halogens is 1. The Balaban J connectivity index is 2.00. The van der Waals surface area contributed by atoms with E-state index in [1.54, 1.807) is 17.0 Å². The maximum Gasteiger partial charge on any atom is 0.321 e. The number of likely N-dealkylation sites (tertiary alicyclic amines) is 1. The number of amides is 2. The van der Waals surface area contributed by atoms with Gasteiger partial charge in [-0.1, -0.05) is 23.7 Å². The molecule has 1 heterocycles. The molecule has 3 N–H and O–H groups in total. The average molecular weight is 240 g/mol. The van der Waals surface area contributed by atoms with Crippen LogP contribution in [-0.4, -0.2) is 30.1 Å². The third kappa shape index (κ3) is 2.46. The lowest BCUT2D eigenvalue weighted by molar-refractivity contribution is 0.222. The van der Waals surface area contributed by atoms with Crippen LogP contribution in [-0.2, 0) is 0 Å². The van der Waals surface area contributed by atoms with E-state index in [4.69, 9.17) is 17.3 Å². The van der Waals surface area contributed by atoms with Gasteiger partial charge < -0.3 is 16.0 Å². The van der Waals surface area contributed by atoms with Crippen molar-refractivity contribution >= 4 is 23.3 Å². The van der Waals surface area contributed by atoms with Crippen LogP contribution in [0.1, 0.15) is 6.42 Å². The van der Waals surface area contributed by atoms with Crippen molar-refractivity contribution in [2.45, 2.75) is 12.5 Å². The summed E-state index contributed by atoms with van der Waals surface area (Å²) in [5.74, 6) is 0. The predicted octanol–water partition coefficient (Wildman–Crippen LogP) is 1.90. The number of hydrogen-bond acceptors (Lipinski definition) is 2. The zero-order valence-corrected chi connectivity index (χ0v) is 9.57. The molecule has 1 atom stereocenters. The van der Waals surface area contributed by atoms with Crippen molar-refractivity contribution in [1.29, 1.82) is 0 Å². The quantitative estimate of drug-likeness (QED) is 0.787. The highest BCUT2D eigenvalue weighted by Gasteiger charge is 2.23. The van der Waals surface area contributed by atoms with E-state index in [2.05, 4.69) is 5.32 Å². The Kier molecular flexibility index (Phi) is 3.31. The number of nitrogens with zero attached hydrogens (tertiary/aromatic N) is 1. The number of benzene rings is 1. The molecule has 0 aliphatic carbocycles. The molecular formula is C11H14ClN3O. The minimum absolute atomic E-state index is 0.0944. The molecule has 0 spiro atoms. The number of nitrogens with two attached hydrogens (primary N) is 1. The monoisotopic (exact) mass is 239 g/mol. The molecule has 0 saturated carbocycles. The molecule has 4 nitrogen and oxygen atoms in total. The molecule has 0 aromatic heterocycles. The summed E-state index contributed by atoms with van der Waals surface area (Å²) in [4.78, 5) is 13.5. The normalized spacial score (nSPS) is 19.9. The Morgan fingerprint density at radius 2 is 2.25 bits per heavy atom. The molecule has 16 heavy (non-hydrogen) atoms. The lowest BCUT2D eigenvalue weighted by atomic mass is 10.3. The van der Waals surface area contributed by atoms with Gasteiger partial charge in [0.2, 0.25) is 0 Å². The third-order valence-corrected chi connectivity index (χ3v) is 2.96. The molecule has 5 heteroatoms. The first-order valence-electron chi connectivity index (χ1n) is 5.23. The SMILES string of the molecule is N[C@H]1CCN(C(=O)Nc2ccccc2Cl)C1. The summed E-state index contributed by atoms with van der Waals surface area (Å²) in [5, 5.41) is 3.31. The van der Waals surface area contributed by atoms with Gasteiger partial charge in [-0.2, -0.15) is 0 Å². The first-order chi connectivity index (χ1) is 7.66. The van der Waals surface area contributed by atoms with Crippen LogP contribution < -0.4 is 11.1 Å². The summed E-state index contributed by atoms with van der Waals surface area (Å²) in [5.41, 5.74) is 6.37. The molecule has 0 bridgehead atoms. The zero-order chi connectivity index (χ0) is 11.5. The maximum absolute atomic E-state index is 11.8. The van der Waals surface area contributed by atoms with E-state index in [0.717, 1.165) is 6.42 Å². The number of anilines is 1. The summed E-state index contributed by atoms with van der Waals surface area (Å²) >= 11 is 5.95. The van der Waals surface area contributed by atoms with E-state index in [1.165, 1.54) is 0 Å². The second-order valence-electron chi connectivity index (χ2n) is 3.90. The average Bonchev–Trinajstić information content (AvgIpc) is 2.68. The van der Waals surface area contributed by atoms with E-state index in [-0.39, 0.29) is 12.1 Å². The fourth-order valence-electron chi connectivity index (χ4n) is 1.73. The van der Waals surface area contributed by atoms with Crippen molar-refractivity contribution in [1.82, 2.24) is 4.90 Å². The van der Waals surface area contributed by atoms with Crippen molar-refractivity contribution in [3.63, 3.8) is 0 Å². The summed E-state index contributed by atoms with van der Waals surface area (Å²) in [7, 11) is 0. The van der Waals surface area contributed by atoms with Crippen LogP contribution in [0.3, 0.4) is 0 Å². The Morgan fingerprint density at radius 3 is 2.88 bits per heavy atom. The van der Waals surface area contributed by atoms with Crippen LogP contribution in [0.5, 0.6) is 0 Å². The standard InChI is InChI=1S/C11H14ClN3O/c12-9-3-1-2-4-10(9)14-11(16)15-6-5-8(13)7-15/h1-4,8H,5-7,13H2,(H,14,16)/t8-/m0/s1. The fraction of sp³-hybridized carbons (Fsp3) is 0.364. The van der Waals surface area contributed by atoms with E-state index in [1.807, 2.05) is 12.1 Å². The number of carbonyl (C=O) groups is 1. The van der Waals surface area contributed by atoms with E-state index in [0.29, 0.717) is 23.8 Å². The molecule has 1 saturated heterocycles. The third-order valence-electron chi connectivity index (χ3n) is 2.63. The van der Waals surface area contributed by atoms with Crippen molar-refractivity contribution in [2.75, 3.05) is 18.4 Å². The number of urea groups is 1. The van der Waals surface area contributed by atoms with Crippen LogP contribution >= 0.6 is 11.6 Å². The topological polar surface area (TPSA) is 58.4 Å². The molecule has 0 unspecified atom stereocenters. The number of para-hydroxylation sites is 1. The first kappa shape index (κ1) is 11.2. The molecule has 2 rings (SSSR count). The van der Waals surface area contributed by atoms with Gasteiger partial charge >= 0.3 is 6.03 Å². The van der Waals surface area contributed by atoms with Crippen LogP contribution in [0, 0.1) is 0 Å². The summed E-state index contributed by atoms with van der Waals surface area (Å²) in [6.45, 7) is 1.31. The van der Waals surface area contributed by atoms with Gasteiger partial charge in [0, 0.05) is 19.1 Å². The Hall–Kier alpha value is -1.26. The van der Waals surface area contributed by atoms with Crippen molar-refractivity contribution < 1.29 is 4.79 Å². The highest BCUT2D eigenvalue weighted by molar-refractivity contribution is 6.33. The van der Waals surface area contributed by atoms with Crippen LogP contribution in [0.15, 0.2) is 24.3 Å². The van der Waals surface area contributed by atoms with Gasteiger partial charge in [0.1, 0.15) is 0 Å². The number of carbonyl (C=O) groups excluding carboxylic acids is 1. The summed E-state index contributed by atoms with van der Waals surface area (Å²) in [6.07, 6.45) is 0.857. The van der Waals surface area contributed by atoms with Crippen LogP contribution in [0.4, 0.5) is 10.5 Å². The molecule has 2 amide bonds. The lowest BCUT2D eigenvalue weighted by Crippen LogP contribution is -2.35. The van der Waals surface area contributed by atoms with Gasteiger partial charge in [-0.05, 0) is 18.6 Å². The molecule has 0 radical (unpaired) electrons. The van der Waals surface area contributed by atoms with Gasteiger partial charge in [0.15, 0.2) is 0 Å². The van der Waals surface area contributed by atoms with E-state index in [9.17, 15) is 4.79 Å². The predicted molar refractivity (Wildman–Crippen MR) is 64.6 cm³/mol. The molecular weight excluding hydrogens is 226 g/mol. The highest BCUT2D eigenvalue weighted by atomic mass is 35.5. The summed E-state index contributed by atoms with van der Waals surface area (Å²) < 4.78 is 0. The second kappa shape index (κ2) is 4.72. The van der Waals surface area contributed by atoms with Gasteiger partial charge in [-0.15, -0.1) is 0 Å². The van der Waals surface area contributed by atoms with Crippen LogP contribution in [0.25, 0.3) is 0 Å². The molecule has 1 fully saturated rings. The second-order valence-corrected chi connectivity index (χ2v) is 4.31. The molecule has 1 aromatic rings. The Bertz CT molecular complexity index is 397. The molecule has 1 aromatic carbocycles. The Morgan fingerprint density at radius 1 is 1.50 bits per heavy atom. The number of rotatable bonds is 1. The van der Waals surface area contributed by atoms with E-state index < -0.39 is 0 Å². The zero-order valence-electron chi connectivity index (χ0n) is 8.82. The van der Waals surface area contributed by atoms with Gasteiger partial charge in [0.25, 0.3) is 0 Å².